The molecule has 0 aliphatic carbocycles. The van der Waals surface area contributed by atoms with E-state index in [1.54, 1.807) is 0 Å². The zero-order valence-corrected chi connectivity index (χ0v) is 60.9. The van der Waals surface area contributed by atoms with Gasteiger partial charge in [-0.15, -0.1) is 0 Å². The van der Waals surface area contributed by atoms with Gasteiger partial charge in [-0.2, -0.15) is 0 Å². The van der Waals surface area contributed by atoms with Crippen molar-refractivity contribution in [1.29, 1.82) is 0 Å². The van der Waals surface area contributed by atoms with Crippen LogP contribution >= 0.6 is 15.6 Å². The van der Waals surface area contributed by atoms with Gasteiger partial charge in [-0.1, -0.05) is 318 Å². The molecule has 0 aromatic rings. The average molecular weight is 1340 g/mol. The van der Waals surface area contributed by atoms with Crippen LogP contribution in [-0.4, -0.2) is 96.7 Å². The first-order valence-electron chi connectivity index (χ1n) is 37.6. The van der Waals surface area contributed by atoms with Crippen molar-refractivity contribution in [3.8, 4) is 0 Å². The Morgan fingerprint density at radius 2 is 0.527 bits per heavy atom. The third-order valence-electron chi connectivity index (χ3n) is 17.4. The van der Waals surface area contributed by atoms with Crippen molar-refractivity contribution in [3.63, 3.8) is 0 Å². The van der Waals surface area contributed by atoms with E-state index >= 15 is 0 Å². The highest BCUT2D eigenvalue weighted by molar-refractivity contribution is 7.47. The summed E-state index contributed by atoms with van der Waals surface area (Å²) in [5.41, 5.74) is 0. The molecule has 0 saturated heterocycles. The highest BCUT2D eigenvalue weighted by atomic mass is 31.2. The fourth-order valence-electron chi connectivity index (χ4n) is 10.9. The van der Waals surface area contributed by atoms with Crippen LogP contribution in [0.25, 0.3) is 0 Å². The van der Waals surface area contributed by atoms with E-state index in [2.05, 4.69) is 41.5 Å². The SMILES string of the molecule is CCCCCCCCCCCCCCCC(=O)OC[C@H](COP(=O)(O)OC[C@@H](O)COP(=O)(O)OC[C@@H](COC(=O)CCCCCCCCCCCCCC)OC(=O)CCCCCCCCCCC(C)CC)OC(=O)CCCCCCCCCCCCC(C)CC. The van der Waals surface area contributed by atoms with Gasteiger partial charge in [-0.3, -0.25) is 37.3 Å². The lowest BCUT2D eigenvalue weighted by Crippen LogP contribution is -2.30. The molecule has 0 radical (unpaired) electrons. The zero-order chi connectivity index (χ0) is 67.2. The van der Waals surface area contributed by atoms with Gasteiger partial charge in [-0.05, 0) is 37.5 Å². The molecule has 91 heavy (non-hydrogen) atoms. The van der Waals surface area contributed by atoms with Crippen molar-refractivity contribution in [1.82, 2.24) is 0 Å². The summed E-state index contributed by atoms with van der Waals surface area (Å²) in [5, 5.41) is 10.6. The molecule has 0 amide bonds. The molecule has 7 atom stereocenters. The van der Waals surface area contributed by atoms with Crippen molar-refractivity contribution >= 4 is 39.5 Å². The monoisotopic (exact) mass is 1340 g/mol. The van der Waals surface area contributed by atoms with Crippen LogP contribution in [0.5, 0.6) is 0 Å². The molecular weight excluding hydrogens is 1200 g/mol. The van der Waals surface area contributed by atoms with Crippen LogP contribution in [0.15, 0.2) is 0 Å². The Balaban J connectivity index is 5.27. The highest BCUT2D eigenvalue weighted by Crippen LogP contribution is 2.45. The fraction of sp³-hybridized carbons (Fsp3) is 0.944. The lowest BCUT2D eigenvalue weighted by molar-refractivity contribution is -0.161. The molecule has 0 aliphatic rings. The first-order valence-corrected chi connectivity index (χ1v) is 40.6. The first-order chi connectivity index (χ1) is 43.9. The standard InChI is InChI=1S/C72H140O17P2/c1-7-11-13-15-17-19-21-23-25-30-37-43-49-55-70(75)82-60-67(88-71(76)56-50-44-38-31-27-26-28-34-40-46-52-64(5)9-3)62-86-90(78,79)84-58-66(73)59-85-91(80,81)87-63-68(89-72(77)57-51-45-39-33-32-35-41-47-53-65(6)10-4)61-83-69(74)54-48-42-36-29-24-22-20-18-16-14-12-8-2/h64-68,73H,7-63H2,1-6H3,(H,78,79)(H,80,81)/t64?,65?,66-,67-,68-/m1/s1. The largest absolute Gasteiger partial charge is 0.472 e. The number of ether oxygens (including phenoxy) is 4. The molecule has 0 aromatic carbocycles. The molecule has 0 aliphatic heterocycles. The summed E-state index contributed by atoms with van der Waals surface area (Å²) < 4.78 is 68.4. The smallest absolute Gasteiger partial charge is 0.462 e. The number of aliphatic hydroxyl groups excluding tert-OH is 1. The number of unbranched alkanes of at least 4 members (excludes halogenated alkanes) is 39. The minimum atomic E-state index is -4.95. The first kappa shape index (κ1) is 89.1. The molecule has 0 rings (SSSR count). The number of rotatable bonds is 71. The summed E-state index contributed by atoms with van der Waals surface area (Å²) in [6.07, 6.45) is 49.6. The van der Waals surface area contributed by atoms with E-state index in [4.69, 9.17) is 37.0 Å². The third-order valence-corrected chi connectivity index (χ3v) is 19.3. The molecule has 0 fully saturated rings. The van der Waals surface area contributed by atoms with Crippen molar-refractivity contribution < 1.29 is 80.2 Å². The lowest BCUT2D eigenvalue weighted by Gasteiger charge is -2.21. The maximum Gasteiger partial charge on any atom is 0.472 e. The fourth-order valence-corrected chi connectivity index (χ4v) is 12.5. The number of phosphoric acid groups is 2. The lowest BCUT2D eigenvalue weighted by atomic mass is 9.99. The summed E-state index contributed by atoms with van der Waals surface area (Å²) in [6.45, 7) is 9.59. The Morgan fingerprint density at radius 1 is 0.308 bits per heavy atom. The van der Waals surface area contributed by atoms with Crippen molar-refractivity contribution in [3.05, 3.63) is 0 Å². The number of esters is 4. The second-order valence-electron chi connectivity index (χ2n) is 26.5. The van der Waals surface area contributed by atoms with Gasteiger partial charge in [0, 0.05) is 25.7 Å². The predicted molar refractivity (Wildman–Crippen MR) is 368 cm³/mol. The minimum absolute atomic E-state index is 0.105. The summed E-state index contributed by atoms with van der Waals surface area (Å²) in [7, 11) is -9.90. The maximum atomic E-state index is 13.0. The summed E-state index contributed by atoms with van der Waals surface area (Å²) in [5.74, 6) is -0.548. The van der Waals surface area contributed by atoms with Crippen molar-refractivity contribution in [2.45, 2.75) is 387 Å². The molecule has 0 saturated carbocycles. The zero-order valence-electron chi connectivity index (χ0n) is 59.1. The van der Waals surface area contributed by atoms with Crippen LogP contribution in [0.2, 0.25) is 0 Å². The molecule has 0 aromatic heterocycles. The molecule has 19 heteroatoms. The van der Waals surface area contributed by atoms with Crippen molar-refractivity contribution in [2.75, 3.05) is 39.6 Å². The van der Waals surface area contributed by atoms with E-state index in [1.165, 1.54) is 186 Å². The topological polar surface area (TPSA) is 237 Å². The van der Waals surface area contributed by atoms with Gasteiger partial charge in [0.15, 0.2) is 12.2 Å². The van der Waals surface area contributed by atoms with Crippen molar-refractivity contribution in [2.24, 2.45) is 11.8 Å². The third kappa shape index (κ3) is 63.9. The van der Waals surface area contributed by atoms with Crippen LogP contribution in [0.1, 0.15) is 369 Å². The summed E-state index contributed by atoms with van der Waals surface area (Å²) in [6, 6.07) is 0. The number of phosphoric ester groups is 2. The van der Waals surface area contributed by atoms with Gasteiger partial charge in [-0.25, -0.2) is 9.13 Å². The molecule has 3 N–H and O–H groups in total. The van der Waals surface area contributed by atoms with Gasteiger partial charge in [0.2, 0.25) is 0 Å². The van der Waals surface area contributed by atoms with Crippen LogP contribution in [-0.2, 0) is 65.4 Å². The van der Waals surface area contributed by atoms with Gasteiger partial charge >= 0.3 is 39.5 Å². The second-order valence-corrected chi connectivity index (χ2v) is 29.4. The van der Waals surface area contributed by atoms with E-state index in [0.717, 1.165) is 102 Å². The molecular formula is C72H140O17P2. The van der Waals surface area contributed by atoms with Crippen LogP contribution in [0, 0.1) is 11.8 Å². The van der Waals surface area contributed by atoms with Gasteiger partial charge < -0.3 is 33.8 Å². The second kappa shape index (κ2) is 64.1. The number of carbonyl (C=O) groups excluding carboxylic acids is 4. The quantitative estimate of drug-likeness (QED) is 0.0222. The van der Waals surface area contributed by atoms with Gasteiger partial charge in [0.25, 0.3) is 0 Å². The molecule has 0 bridgehead atoms. The normalized spacial score (nSPS) is 14.7. The molecule has 0 heterocycles. The number of aliphatic hydroxyl groups is 1. The Labute approximate surface area is 556 Å². The molecule has 540 valence electrons. The molecule has 0 spiro atoms. The van der Waals surface area contributed by atoms with Gasteiger partial charge in [0.05, 0.1) is 26.4 Å². The summed E-state index contributed by atoms with van der Waals surface area (Å²) >= 11 is 0. The van der Waals surface area contributed by atoms with Crippen LogP contribution < -0.4 is 0 Å². The maximum absolute atomic E-state index is 13.0. The van der Waals surface area contributed by atoms with Crippen LogP contribution in [0.3, 0.4) is 0 Å². The Kier molecular flexibility index (Phi) is 62.7. The van der Waals surface area contributed by atoms with E-state index in [1.807, 2.05) is 0 Å². The number of carbonyl (C=O) groups is 4. The van der Waals surface area contributed by atoms with Crippen LogP contribution in [0.4, 0.5) is 0 Å². The van der Waals surface area contributed by atoms with E-state index in [-0.39, 0.29) is 25.7 Å². The van der Waals surface area contributed by atoms with E-state index in [0.29, 0.717) is 25.7 Å². The van der Waals surface area contributed by atoms with E-state index < -0.39 is 97.5 Å². The minimum Gasteiger partial charge on any atom is -0.462 e. The number of hydrogen-bond acceptors (Lipinski definition) is 15. The summed E-state index contributed by atoms with van der Waals surface area (Å²) in [4.78, 5) is 72.7. The molecule has 17 nitrogen and oxygen atoms in total. The Bertz CT molecular complexity index is 1770. The average Bonchev–Trinajstić information content (AvgIpc) is 3.45. The number of hydrogen-bond donors (Lipinski definition) is 3. The predicted octanol–water partition coefficient (Wildman–Crippen LogP) is 20.8. The Morgan fingerprint density at radius 3 is 0.780 bits per heavy atom. The highest BCUT2D eigenvalue weighted by Gasteiger charge is 2.30. The Hall–Kier alpha value is -1.94. The van der Waals surface area contributed by atoms with E-state index in [9.17, 15) is 43.2 Å². The molecule has 4 unspecified atom stereocenters. The van der Waals surface area contributed by atoms with Gasteiger partial charge in [0.1, 0.15) is 19.3 Å².